The molecule has 0 saturated carbocycles. The zero-order valence-corrected chi connectivity index (χ0v) is 18.2. The lowest BCUT2D eigenvalue weighted by Crippen LogP contribution is -2.33. The van der Waals surface area contributed by atoms with Gasteiger partial charge >= 0.3 is 0 Å². The molecule has 6 heteroatoms. The number of furan rings is 1. The molecule has 0 aliphatic heterocycles. The van der Waals surface area contributed by atoms with Gasteiger partial charge < -0.3 is 14.3 Å². The second kappa shape index (κ2) is 7.50. The second-order valence-electron chi connectivity index (χ2n) is 8.94. The van der Waals surface area contributed by atoms with Crippen LogP contribution in [0.2, 0.25) is 0 Å². The van der Waals surface area contributed by atoms with Crippen LogP contribution in [0.4, 0.5) is 0 Å². The quantitative estimate of drug-likeness (QED) is 0.716. The van der Waals surface area contributed by atoms with Crippen LogP contribution in [0.15, 0.2) is 39.8 Å². The molecule has 1 aromatic carbocycles. The van der Waals surface area contributed by atoms with Gasteiger partial charge in [0, 0.05) is 7.05 Å². The molecular weight excluding hydrogens is 366 g/mol. The molecule has 1 atom stereocenters. The molecule has 3 rings (SSSR count). The number of aromatic nitrogens is 2. The fourth-order valence-corrected chi connectivity index (χ4v) is 3.50. The van der Waals surface area contributed by atoms with Crippen LogP contribution in [0.3, 0.4) is 0 Å². The van der Waals surface area contributed by atoms with E-state index in [-0.39, 0.29) is 45.5 Å². The largest absolute Gasteiger partial charge is 0.442 e. The number of fused-ring (bicyclic) bond motifs is 1. The lowest BCUT2D eigenvalue weighted by Gasteiger charge is -2.25. The van der Waals surface area contributed by atoms with Gasteiger partial charge in [-0.2, -0.15) is 0 Å². The number of benzene rings is 1. The van der Waals surface area contributed by atoms with Crippen molar-refractivity contribution in [1.29, 1.82) is 0 Å². The maximum absolute atomic E-state index is 13.2. The van der Waals surface area contributed by atoms with E-state index in [9.17, 15) is 9.59 Å². The summed E-state index contributed by atoms with van der Waals surface area (Å²) in [5, 5.41) is 3.32. The minimum atomic E-state index is -0.329. The Hall–Kier alpha value is -2.89. The number of aryl methyl sites for hydroxylation is 2. The van der Waals surface area contributed by atoms with E-state index in [0.717, 1.165) is 5.56 Å². The molecule has 6 nitrogen and oxygen atoms in total. The normalized spacial score (nSPS) is 13.1. The Morgan fingerprint density at radius 2 is 1.79 bits per heavy atom. The van der Waals surface area contributed by atoms with E-state index in [1.165, 1.54) is 16.5 Å². The molecule has 2 heterocycles. The number of hydrogen-bond acceptors (Lipinski definition) is 4. The van der Waals surface area contributed by atoms with Crippen molar-refractivity contribution in [2.75, 3.05) is 0 Å². The molecule has 0 saturated heterocycles. The average Bonchev–Trinajstić information content (AvgIpc) is 2.98. The number of amides is 1. The molecule has 0 bridgehead atoms. The van der Waals surface area contributed by atoms with Crippen LogP contribution >= 0.6 is 0 Å². The SMILES string of the molecule is Cc1oc2ncn(C)c(=O)c2c1C(=O)NC(c1ccc(C(C)(C)C)cc1)C(C)C. The third-order valence-electron chi connectivity index (χ3n) is 5.26. The van der Waals surface area contributed by atoms with Crippen molar-refractivity contribution in [2.45, 2.75) is 53.0 Å². The highest BCUT2D eigenvalue weighted by Crippen LogP contribution is 2.28. The van der Waals surface area contributed by atoms with E-state index in [1.54, 1.807) is 14.0 Å². The van der Waals surface area contributed by atoms with E-state index >= 15 is 0 Å². The lowest BCUT2D eigenvalue weighted by molar-refractivity contribution is 0.0925. The van der Waals surface area contributed by atoms with Crippen LogP contribution < -0.4 is 10.9 Å². The first-order chi connectivity index (χ1) is 13.5. The topological polar surface area (TPSA) is 77.1 Å². The minimum absolute atomic E-state index is 0.0645. The Kier molecular flexibility index (Phi) is 5.39. The molecule has 1 N–H and O–H groups in total. The Morgan fingerprint density at radius 3 is 2.34 bits per heavy atom. The zero-order valence-electron chi connectivity index (χ0n) is 18.2. The first-order valence-electron chi connectivity index (χ1n) is 9.86. The summed E-state index contributed by atoms with van der Waals surface area (Å²) >= 11 is 0. The van der Waals surface area contributed by atoms with Crippen LogP contribution in [0.5, 0.6) is 0 Å². The standard InChI is InChI=1S/C23H29N3O3/c1-13(2)19(15-8-10-16(11-9-15)23(4,5)6)25-20(27)17-14(3)29-21-18(17)22(28)26(7)12-24-21/h8-13,19H,1-7H3,(H,25,27). The number of nitrogens with zero attached hydrogens (tertiary/aromatic N) is 2. The molecule has 0 fully saturated rings. The molecule has 29 heavy (non-hydrogen) atoms. The number of carbonyl (C=O) groups is 1. The summed E-state index contributed by atoms with van der Waals surface area (Å²) in [5.41, 5.74) is 2.47. The molecule has 0 aliphatic carbocycles. The monoisotopic (exact) mass is 395 g/mol. The summed E-state index contributed by atoms with van der Waals surface area (Å²) in [4.78, 5) is 29.9. The van der Waals surface area contributed by atoms with Crippen LogP contribution in [0, 0.1) is 12.8 Å². The predicted octanol–water partition coefficient (Wildman–Crippen LogP) is 4.26. The molecule has 0 radical (unpaired) electrons. The summed E-state index contributed by atoms with van der Waals surface area (Å²) in [6.45, 7) is 12.3. The third-order valence-corrected chi connectivity index (χ3v) is 5.26. The van der Waals surface area contributed by atoms with E-state index in [0.29, 0.717) is 5.76 Å². The van der Waals surface area contributed by atoms with Gasteiger partial charge in [-0.1, -0.05) is 58.9 Å². The van der Waals surface area contributed by atoms with E-state index < -0.39 is 0 Å². The molecule has 154 valence electrons. The molecule has 0 spiro atoms. The Labute approximate surface area is 171 Å². The molecule has 0 aliphatic rings. The molecule has 1 amide bonds. The highest BCUT2D eigenvalue weighted by molar-refractivity contribution is 6.06. The second-order valence-corrected chi connectivity index (χ2v) is 8.94. The lowest BCUT2D eigenvalue weighted by atomic mass is 9.85. The molecule has 2 aromatic heterocycles. The first-order valence-corrected chi connectivity index (χ1v) is 9.86. The summed E-state index contributed by atoms with van der Waals surface area (Å²) < 4.78 is 6.92. The van der Waals surface area contributed by atoms with Gasteiger partial charge in [-0.15, -0.1) is 0 Å². The Bertz CT molecular complexity index is 1100. The summed E-state index contributed by atoms with van der Waals surface area (Å²) in [5.74, 6) is 0.225. The van der Waals surface area contributed by atoms with Gasteiger partial charge in [0.15, 0.2) is 0 Å². The van der Waals surface area contributed by atoms with Gasteiger partial charge in [-0.05, 0) is 29.4 Å². The van der Waals surface area contributed by atoms with Crippen molar-refractivity contribution in [3.63, 3.8) is 0 Å². The van der Waals surface area contributed by atoms with Gasteiger partial charge in [0.2, 0.25) is 5.71 Å². The highest BCUT2D eigenvalue weighted by Gasteiger charge is 2.26. The summed E-state index contributed by atoms with van der Waals surface area (Å²) in [7, 11) is 1.60. The van der Waals surface area contributed by atoms with Gasteiger partial charge in [0.25, 0.3) is 11.5 Å². The third kappa shape index (κ3) is 3.97. The van der Waals surface area contributed by atoms with E-state index in [2.05, 4.69) is 69.2 Å². The minimum Gasteiger partial charge on any atom is -0.442 e. The van der Waals surface area contributed by atoms with Crippen molar-refractivity contribution in [1.82, 2.24) is 14.9 Å². The van der Waals surface area contributed by atoms with Gasteiger partial charge in [0.1, 0.15) is 17.5 Å². The molecule has 3 aromatic rings. The Morgan fingerprint density at radius 1 is 1.17 bits per heavy atom. The van der Waals surface area contributed by atoms with Gasteiger partial charge in [-0.3, -0.25) is 9.59 Å². The van der Waals surface area contributed by atoms with Gasteiger partial charge in [0.05, 0.1) is 11.6 Å². The Balaban J connectivity index is 1.98. The van der Waals surface area contributed by atoms with Crippen molar-refractivity contribution < 1.29 is 9.21 Å². The zero-order chi connectivity index (χ0) is 21.5. The fraction of sp³-hybridized carbons (Fsp3) is 0.435. The average molecular weight is 396 g/mol. The number of nitrogens with one attached hydrogen (secondary N) is 1. The highest BCUT2D eigenvalue weighted by atomic mass is 16.3. The van der Waals surface area contributed by atoms with Crippen LogP contribution in [0.1, 0.15) is 67.9 Å². The maximum Gasteiger partial charge on any atom is 0.265 e. The van der Waals surface area contributed by atoms with Crippen LogP contribution in [-0.4, -0.2) is 15.5 Å². The van der Waals surface area contributed by atoms with E-state index in [1.807, 2.05) is 0 Å². The van der Waals surface area contributed by atoms with Crippen molar-refractivity contribution in [3.05, 3.63) is 63.4 Å². The van der Waals surface area contributed by atoms with Crippen LogP contribution in [-0.2, 0) is 12.5 Å². The fourth-order valence-electron chi connectivity index (χ4n) is 3.50. The molecular formula is C23H29N3O3. The maximum atomic E-state index is 13.2. The van der Waals surface area contributed by atoms with Gasteiger partial charge in [-0.25, -0.2) is 4.98 Å². The summed E-state index contributed by atoms with van der Waals surface area (Å²) in [6.07, 6.45) is 1.39. The summed E-state index contributed by atoms with van der Waals surface area (Å²) in [6, 6.07) is 8.14. The van der Waals surface area contributed by atoms with Crippen LogP contribution in [0.25, 0.3) is 11.1 Å². The number of rotatable bonds is 4. The predicted molar refractivity (Wildman–Crippen MR) is 114 cm³/mol. The smallest absolute Gasteiger partial charge is 0.265 e. The van der Waals surface area contributed by atoms with Crippen molar-refractivity contribution >= 4 is 17.0 Å². The number of hydrogen-bond donors (Lipinski definition) is 1. The number of carbonyl (C=O) groups excluding carboxylic acids is 1. The first kappa shape index (κ1) is 20.8. The van der Waals surface area contributed by atoms with E-state index in [4.69, 9.17) is 4.42 Å². The van der Waals surface area contributed by atoms with Crippen molar-refractivity contribution in [3.8, 4) is 0 Å². The molecule has 1 unspecified atom stereocenters. The van der Waals surface area contributed by atoms with Crippen molar-refractivity contribution in [2.24, 2.45) is 13.0 Å².